The lowest BCUT2D eigenvalue weighted by Gasteiger charge is -2.44. The second kappa shape index (κ2) is 6.27. The van der Waals surface area contributed by atoms with Crippen LogP contribution in [0.5, 0.6) is 0 Å². The maximum Gasteiger partial charge on any atom is 0.322 e. The van der Waals surface area contributed by atoms with Gasteiger partial charge in [0.15, 0.2) is 0 Å². The van der Waals surface area contributed by atoms with Crippen LogP contribution < -0.4 is 5.32 Å². The molecule has 1 aromatic rings. The summed E-state index contributed by atoms with van der Waals surface area (Å²) >= 11 is 6.13. The Morgan fingerprint density at radius 1 is 1.24 bits per heavy atom. The van der Waals surface area contributed by atoms with Crippen LogP contribution in [0.4, 0.5) is 10.5 Å². The number of amides is 2. The standard InChI is InChI=1S/C17H23ClN2O/c1-12-8-9-14(11-15(12)18)19-17(21)20-10-4-6-13-5-2-3-7-16(13)20/h8-9,11,13,16H,2-7,10H2,1H3,(H,19,21)/t13-,16+/m1/s1. The zero-order valence-electron chi connectivity index (χ0n) is 12.6. The van der Waals surface area contributed by atoms with Gasteiger partial charge in [0.05, 0.1) is 0 Å². The van der Waals surface area contributed by atoms with Crippen molar-refractivity contribution in [3.63, 3.8) is 0 Å². The summed E-state index contributed by atoms with van der Waals surface area (Å²) in [4.78, 5) is 14.6. The van der Waals surface area contributed by atoms with Gasteiger partial charge in [0, 0.05) is 23.3 Å². The quantitative estimate of drug-likeness (QED) is 0.791. The number of anilines is 1. The van der Waals surface area contributed by atoms with Crippen LogP contribution in [-0.4, -0.2) is 23.5 Å². The molecule has 1 aliphatic heterocycles. The predicted molar refractivity (Wildman–Crippen MR) is 86.9 cm³/mol. The number of carbonyl (C=O) groups is 1. The number of likely N-dealkylation sites (tertiary alicyclic amines) is 1. The summed E-state index contributed by atoms with van der Waals surface area (Å²) in [5.74, 6) is 0.708. The number of carbonyl (C=O) groups excluding carboxylic acids is 1. The van der Waals surface area contributed by atoms with Crippen molar-refractivity contribution < 1.29 is 4.79 Å². The van der Waals surface area contributed by atoms with E-state index in [1.165, 1.54) is 25.7 Å². The molecule has 2 fully saturated rings. The lowest BCUT2D eigenvalue weighted by molar-refractivity contribution is 0.0909. The average Bonchev–Trinajstić information content (AvgIpc) is 2.50. The fraction of sp³-hybridized carbons (Fsp3) is 0.588. The Balaban J connectivity index is 1.70. The summed E-state index contributed by atoms with van der Waals surface area (Å²) in [6.07, 6.45) is 7.43. The number of aryl methyl sites for hydroxylation is 1. The normalized spacial score (nSPS) is 25.3. The SMILES string of the molecule is Cc1ccc(NC(=O)N2CCC[C@H]3CCCC[C@@H]32)cc1Cl. The summed E-state index contributed by atoms with van der Waals surface area (Å²) in [6.45, 7) is 2.85. The number of hydrogen-bond acceptors (Lipinski definition) is 1. The molecule has 114 valence electrons. The Morgan fingerprint density at radius 3 is 2.81 bits per heavy atom. The third-order valence-corrected chi connectivity index (χ3v) is 5.33. The molecule has 2 atom stereocenters. The summed E-state index contributed by atoms with van der Waals surface area (Å²) < 4.78 is 0. The van der Waals surface area contributed by atoms with Crippen molar-refractivity contribution in [1.82, 2.24) is 4.90 Å². The van der Waals surface area contributed by atoms with E-state index in [9.17, 15) is 4.79 Å². The summed E-state index contributed by atoms with van der Waals surface area (Å²) in [7, 11) is 0. The topological polar surface area (TPSA) is 32.3 Å². The molecular formula is C17H23ClN2O. The largest absolute Gasteiger partial charge is 0.322 e. The van der Waals surface area contributed by atoms with Crippen molar-refractivity contribution in [3.8, 4) is 0 Å². The number of fused-ring (bicyclic) bond motifs is 1. The van der Waals surface area contributed by atoms with E-state index in [-0.39, 0.29) is 6.03 Å². The number of rotatable bonds is 1. The lowest BCUT2D eigenvalue weighted by atomic mass is 9.78. The van der Waals surface area contributed by atoms with E-state index in [0.29, 0.717) is 17.0 Å². The molecule has 0 bridgehead atoms. The molecule has 0 unspecified atom stereocenters. The highest BCUT2D eigenvalue weighted by molar-refractivity contribution is 6.31. The van der Waals surface area contributed by atoms with Crippen LogP contribution in [0.25, 0.3) is 0 Å². The van der Waals surface area contributed by atoms with Gasteiger partial charge in [-0.15, -0.1) is 0 Å². The van der Waals surface area contributed by atoms with Crippen LogP contribution in [-0.2, 0) is 0 Å². The molecule has 1 aliphatic carbocycles. The first-order chi connectivity index (χ1) is 10.1. The van der Waals surface area contributed by atoms with Crippen LogP contribution in [0.3, 0.4) is 0 Å². The molecule has 0 radical (unpaired) electrons. The first-order valence-corrected chi connectivity index (χ1v) is 8.37. The zero-order valence-corrected chi connectivity index (χ0v) is 13.3. The van der Waals surface area contributed by atoms with Gasteiger partial charge in [-0.25, -0.2) is 4.79 Å². The first-order valence-electron chi connectivity index (χ1n) is 7.99. The predicted octanol–water partition coefficient (Wildman–Crippen LogP) is 4.83. The number of halogens is 1. The Morgan fingerprint density at radius 2 is 2.00 bits per heavy atom. The Kier molecular flexibility index (Phi) is 4.39. The molecule has 1 saturated heterocycles. The second-order valence-corrected chi connectivity index (χ2v) is 6.75. The zero-order chi connectivity index (χ0) is 14.8. The van der Waals surface area contributed by atoms with E-state index < -0.39 is 0 Å². The van der Waals surface area contributed by atoms with Crippen LogP contribution in [0.2, 0.25) is 5.02 Å². The Hall–Kier alpha value is -1.22. The van der Waals surface area contributed by atoms with Crippen LogP contribution >= 0.6 is 11.6 Å². The van der Waals surface area contributed by atoms with E-state index in [2.05, 4.69) is 10.2 Å². The molecule has 4 heteroatoms. The minimum absolute atomic E-state index is 0.0338. The van der Waals surface area contributed by atoms with Gasteiger partial charge in [0.1, 0.15) is 0 Å². The van der Waals surface area contributed by atoms with Gasteiger partial charge < -0.3 is 10.2 Å². The molecule has 2 aliphatic rings. The molecule has 1 saturated carbocycles. The van der Waals surface area contributed by atoms with E-state index in [1.807, 2.05) is 25.1 Å². The molecule has 3 rings (SSSR count). The molecule has 1 heterocycles. The minimum Gasteiger partial charge on any atom is -0.321 e. The van der Waals surface area contributed by atoms with Crippen molar-refractivity contribution in [3.05, 3.63) is 28.8 Å². The fourth-order valence-electron chi connectivity index (χ4n) is 3.74. The number of urea groups is 1. The van der Waals surface area contributed by atoms with Gasteiger partial charge in [0.2, 0.25) is 0 Å². The highest BCUT2D eigenvalue weighted by atomic mass is 35.5. The second-order valence-electron chi connectivity index (χ2n) is 6.34. The van der Waals surface area contributed by atoms with Gasteiger partial charge in [-0.05, 0) is 56.2 Å². The molecule has 21 heavy (non-hydrogen) atoms. The van der Waals surface area contributed by atoms with Gasteiger partial charge in [-0.2, -0.15) is 0 Å². The summed E-state index contributed by atoms with van der Waals surface area (Å²) in [5, 5.41) is 3.71. The van der Waals surface area contributed by atoms with Gasteiger partial charge in [0.25, 0.3) is 0 Å². The van der Waals surface area contributed by atoms with Crippen molar-refractivity contribution in [1.29, 1.82) is 0 Å². The summed E-state index contributed by atoms with van der Waals surface area (Å²) in [6, 6.07) is 6.16. The molecule has 1 N–H and O–H groups in total. The number of hydrogen-bond donors (Lipinski definition) is 1. The van der Waals surface area contributed by atoms with Crippen molar-refractivity contribution in [2.45, 2.75) is 51.5 Å². The fourth-order valence-corrected chi connectivity index (χ4v) is 3.92. The van der Waals surface area contributed by atoms with Crippen molar-refractivity contribution >= 4 is 23.3 Å². The van der Waals surface area contributed by atoms with E-state index in [1.54, 1.807) is 0 Å². The minimum atomic E-state index is 0.0338. The molecule has 2 amide bonds. The molecular weight excluding hydrogens is 284 g/mol. The van der Waals surface area contributed by atoms with Gasteiger partial charge >= 0.3 is 6.03 Å². The Labute approximate surface area is 131 Å². The molecule has 0 spiro atoms. The number of piperidine rings is 1. The maximum absolute atomic E-state index is 12.6. The van der Waals surface area contributed by atoms with Gasteiger partial charge in [-0.3, -0.25) is 0 Å². The maximum atomic E-state index is 12.6. The molecule has 1 aromatic carbocycles. The number of benzene rings is 1. The highest BCUT2D eigenvalue weighted by Gasteiger charge is 2.35. The number of nitrogens with one attached hydrogen (secondary N) is 1. The van der Waals surface area contributed by atoms with E-state index >= 15 is 0 Å². The molecule has 0 aromatic heterocycles. The highest BCUT2D eigenvalue weighted by Crippen LogP contribution is 2.35. The van der Waals surface area contributed by atoms with Crippen molar-refractivity contribution in [2.24, 2.45) is 5.92 Å². The number of nitrogens with zero attached hydrogens (tertiary/aromatic N) is 1. The summed E-state index contributed by atoms with van der Waals surface area (Å²) in [5.41, 5.74) is 1.81. The Bertz CT molecular complexity index is 530. The average molecular weight is 307 g/mol. The van der Waals surface area contributed by atoms with Crippen LogP contribution in [0.1, 0.15) is 44.1 Å². The van der Waals surface area contributed by atoms with Crippen LogP contribution in [0, 0.1) is 12.8 Å². The third-order valence-electron chi connectivity index (χ3n) is 4.93. The third kappa shape index (κ3) is 3.18. The lowest BCUT2D eigenvalue weighted by Crippen LogP contribution is -2.51. The smallest absolute Gasteiger partial charge is 0.321 e. The monoisotopic (exact) mass is 306 g/mol. The first kappa shape index (κ1) is 14.7. The van der Waals surface area contributed by atoms with Crippen molar-refractivity contribution in [2.75, 3.05) is 11.9 Å². The molecule has 3 nitrogen and oxygen atoms in total. The van der Waals surface area contributed by atoms with Crippen LogP contribution in [0.15, 0.2) is 18.2 Å². The van der Waals surface area contributed by atoms with E-state index in [0.717, 1.165) is 30.6 Å². The van der Waals surface area contributed by atoms with E-state index in [4.69, 9.17) is 11.6 Å². The van der Waals surface area contributed by atoms with Gasteiger partial charge in [-0.1, -0.05) is 30.5 Å².